The lowest BCUT2D eigenvalue weighted by Gasteiger charge is -2.46. The Hall–Kier alpha value is -2.27. The van der Waals surface area contributed by atoms with Crippen molar-refractivity contribution in [2.45, 2.75) is 32.0 Å². The maximum absolute atomic E-state index is 13.0. The van der Waals surface area contributed by atoms with Crippen LogP contribution in [0.3, 0.4) is 0 Å². The Balaban J connectivity index is 1.48. The Kier molecular flexibility index (Phi) is 4.26. The smallest absolute Gasteiger partial charge is 0.240 e. The minimum Gasteiger partial charge on any atom is -0.337 e. The SMILES string of the molecule is O=C1[C@H]2C[C@H](CCN2Cc2cncnc2)CN1Cc1ccccc1. The van der Waals surface area contributed by atoms with E-state index in [0.717, 1.165) is 44.6 Å². The zero-order valence-electron chi connectivity index (χ0n) is 13.7. The van der Waals surface area contributed by atoms with Crippen LogP contribution in [-0.2, 0) is 17.9 Å². The molecule has 1 amide bonds. The number of fused-ring (bicyclic) bond motifs is 2. The zero-order valence-corrected chi connectivity index (χ0v) is 13.7. The number of rotatable bonds is 4. The van der Waals surface area contributed by atoms with E-state index in [9.17, 15) is 4.79 Å². The fourth-order valence-corrected chi connectivity index (χ4v) is 3.90. The minimum absolute atomic E-state index is 0.00131. The summed E-state index contributed by atoms with van der Waals surface area (Å²) in [6, 6.07) is 10.3. The molecule has 1 aromatic carbocycles. The lowest BCUT2D eigenvalue weighted by Crippen LogP contribution is -2.58. The fraction of sp³-hybridized carbons (Fsp3) is 0.421. The molecule has 0 spiro atoms. The zero-order chi connectivity index (χ0) is 16.4. The second-order valence-corrected chi connectivity index (χ2v) is 6.83. The first-order chi connectivity index (χ1) is 11.8. The number of nitrogens with zero attached hydrogens (tertiary/aromatic N) is 4. The highest BCUT2D eigenvalue weighted by atomic mass is 16.2. The van der Waals surface area contributed by atoms with Crippen LogP contribution in [0.2, 0.25) is 0 Å². The molecule has 0 unspecified atom stereocenters. The Bertz CT molecular complexity index is 691. The van der Waals surface area contributed by atoms with E-state index in [-0.39, 0.29) is 11.9 Å². The molecule has 3 heterocycles. The lowest BCUT2D eigenvalue weighted by atomic mass is 9.85. The van der Waals surface area contributed by atoms with E-state index in [1.807, 2.05) is 35.5 Å². The quantitative estimate of drug-likeness (QED) is 0.865. The normalized spacial score (nSPS) is 24.2. The van der Waals surface area contributed by atoms with Crippen LogP contribution in [0.4, 0.5) is 0 Å². The molecule has 5 heteroatoms. The molecule has 124 valence electrons. The Morgan fingerprint density at radius 3 is 2.62 bits per heavy atom. The van der Waals surface area contributed by atoms with Crippen molar-refractivity contribution in [3.63, 3.8) is 0 Å². The largest absolute Gasteiger partial charge is 0.337 e. The van der Waals surface area contributed by atoms with Crippen LogP contribution in [-0.4, -0.2) is 44.8 Å². The molecular weight excluding hydrogens is 300 g/mol. The number of piperidine rings is 2. The summed E-state index contributed by atoms with van der Waals surface area (Å²) in [7, 11) is 0. The van der Waals surface area contributed by atoms with Crippen LogP contribution in [0.25, 0.3) is 0 Å². The van der Waals surface area contributed by atoms with Crippen molar-refractivity contribution in [1.82, 2.24) is 19.8 Å². The first kappa shape index (κ1) is 15.3. The highest BCUT2D eigenvalue weighted by Gasteiger charge is 2.40. The van der Waals surface area contributed by atoms with Gasteiger partial charge in [0.25, 0.3) is 0 Å². The third kappa shape index (κ3) is 3.17. The van der Waals surface area contributed by atoms with Gasteiger partial charge in [0, 0.05) is 37.6 Å². The summed E-state index contributed by atoms with van der Waals surface area (Å²) in [6.45, 7) is 3.35. The maximum Gasteiger partial charge on any atom is 0.240 e. The molecule has 2 aromatic rings. The van der Waals surface area contributed by atoms with Crippen LogP contribution in [0, 0.1) is 5.92 Å². The number of hydrogen-bond acceptors (Lipinski definition) is 4. The second kappa shape index (κ2) is 6.69. The first-order valence-corrected chi connectivity index (χ1v) is 8.60. The van der Waals surface area contributed by atoms with Crippen molar-refractivity contribution in [3.05, 3.63) is 60.2 Å². The molecular formula is C19H22N4O. The minimum atomic E-state index is 0.00131. The number of benzene rings is 1. The number of likely N-dealkylation sites (tertiary alicyclic amines) is 2. The van der Waals surface area contributed by atoms with Crippen LogP contribution < -0.4 is 0 Å². The van der Waals surface area contributed by atoms with Crippen LogP contribution >= 0.6 is 0 Å². The summed E-state index contributed by atoms with van der Waals surface area (Å²) in [5.74, 6) is 0.895. The standard InChI is InChI=1S/C19H22N4O/c24-19-18-8-16(12-23(19)11-15-4-2-1-3-5-15)6-7-22(18)13-17-9-20-14-21-10-17/h1-5,9-10,14,16,18H,6-8,11-13H2/t16-,18+/m0/s1. The van der Waals surface area contributed by atoms with E-state index in [1.54, 1.807) is 6.33 Å². The van der Waals surface area contributed by atoms with Crippen molar-refractivity contribution in [2.24, 2.45) is 5.92 Å². The van der Waals surface area contributed by atoms with Gasteiger partial charge in [-0.3, -0.25) is 9.69 Å². The molecule has 2 saturated heterocycles. The number of amides is 1. The summed E-state index contributed by atoms with van der Waals surface area (Å²) in [4.78, 5) is 25.5. The monoisotopic (exact) mass is 322 g/mol. The summed E-state index contributed by atoms with van der Waals surface area (Å²) < 4.78 is 0. The van der Waals surface area contributed by atoms with E-state index in [0.29, 0.717) is 5.92 Å². The molecule has 2 bridgehead atoms. The molecule has 0 saturated carbocycles. The van der Waals surface area contributed by atoms with Crippen molar-refractivity contribution >= 4 is 5.91 Å². The third-order valence-corrected chi connectivity index (χ3v) is 5.11. The number of carbonyl (C=O) groups excluding carboxylic acids is 1. The molecule has 5 nitrogen and oxygen atoms in total. The van der Waals surface area contributed by atoms with Gasteiger partial charge in [0.2, 0.25) is 5.91 Å². The Morgan fingerprint density at radius 1 is 1.04 bits per heavy atom. The summed E-state index contributed by atoms with van der Waals surface area (Å²) in [5.41, 5.74) is 2.28. The Labute approximate surface area is 142 Å². The van der Waals surface area contributed by atoms with Gasteiger partial charge < -0.3 is 4.90 Å². The third-order valence-electron chi connectivity index (χ3n) is 5.11. The highest BCUT2D eigenvalue weighted by Crippen LogP contribution is 2.31. The van der Waals surface area contributed by atoms with Crippen LogP contribution in [0.15, 0.2) is 49.1 Å². The van der Waals surface area contributed by atoms with E-state index < -0.39 is 0 Å². The fourth-order valence-electron chi connectivity index (χ4n) is 3.90. The van der Waals surface area contributed by atoms with Gasteiger partial charge in [0.05, 0.1) is 6.04 Å². The maximum atomic E-state index is 13.0. The van der Waals surface area contributed by atoms with Gasteiger partial charge in [-0.05, 0) is 30.9 Å². The van der Waals surface area contributed by atoms with Gasteiger partial charge >= 0.3 is 0 Å². The molecule has 2 atom stereocenters. The van der Waals surface area contributed by atoms with Gasteiger partial charge in [-0.2, -0.15) is 0 Å². The molecule has 1 aromatic heterocycles. The summed E-state index contributed by atoms with van der Waals surface area (Å²) in [5, 5.41) is 0. The average Bonchev–Trinajstić information content (AvgIpc) is 2.63. The van der Waals surface area contributed by atoms with E-state index in [4.69, 9.17) is 0 Å². The summed E-state index contributed by atoms with van der Waals surface area (Å²) >= 11 is 0. The predicted molar refractivity (Wildman–Crippen MR) is 90.8 cm³/mol. The van der Waals surface area contributed by atoms with E-state index in [2.05, 4.69) is 27.0 Å². The van der Waals surface area contributed by atoms with Gasteiger partial charge in [0.15, 0.2) is 0 Å². The van der Waals surface area contributed by atoms with Crippen molar-refractivity contribution < 1.29 is 4.79 Å². The van der Waals surface area contributed by atoms with Crippen molar-refractivity contribution in [2.75, 3.05) is 13.1 Å². The second-order valence-electron chi connectivity index (χ2n) is 6.83. The highest BCUT2D eigenvalue weighted by molar-refractivity contribution is 5.83. The first-order valence-electron chi connectivity index (χ1n) is 8.60. The lowest BCUT2D eigenvalue weighted by molar-refractivity contribution is -0.146. The van der Waals surface area contributed by atoms with Gasteiger partial charge in [-0.25, -0.2) is 9.97 Å². The molecule has 2 aliphatic heterocycles. The predicted octanol–water partition coefficient (Wildman–Crippen LogP) is 2.10. The molecule has 0 N–H and O–H groups in total. The van der Waals surface area contributed by atoms with Crippen LogP contribution in [0.1, 0.15) is 24.0 Å². The van der Waals surface area contributed by atoms with Crippen molar-refractivity contribution in [3.8, 4) is 0 Å². The van der Waals surface area contributed by atoms with Gasteiger partial charge in [-0.15, -0.1) is 0 Å². The van der Waals surface area contributed by atoms with Crippen LogP contribution in [0.5, 0.6) is 0 Å². The molecule has 0 radical (unpaired) electrons. The molecule has 24 heavy (non-hydrogen) atoms. The van der Waals surface area contributed by atoms with Gasteiger partial charge in [0.1, 0.15) is 6.33 Å². The molecule has 2 aliphatic rings. The van der Waals surface area contributed by atoms with Crippen molar-refractivity contribution in [1.29, 1.82) is 0 Å². The molecule has 0 aliphatic carbocycles. The van der Waals surface area contributed by atoms with E-state index >= 15 is 0 Å². The molecule has 4 rings (SSSR count). The molecule has 2 fully saturated rings. The topological polar surface area (TPSA) is 49.3 Å². The van der Waals surface area contributed by atoms with Gasteiger partial charge in [-0.1, -0.05) is 30.3 Å². The Morgan fingerprint density at radius 2 is 1.83 bits per heavy atom. The van der Waals surface area contributed by atoms with E-state index in [1.165, 1.54) is 5.56 Å². The number of hydrogen-bond donors (Lipinski definition) is 0. The number of carbonyl (C=O) groups is 1. The average molecular weight is 322 g/mol. The summed E-state index contributed by atoms with van der Waals surface area (Å²) in [6.07, 6.45) is 7.37. The number of aromatic nitrogens is 2.